The molecule has 0 aromatic heterocycles. The third-order valence-corrected chi connectivity index (χ3v) is 1.08. The summed E-state index contributed by atoms with van der Waals surface area (Å²) in [7, 11) is 0. The van der Waals surface area contributed by atoms with Crippen LogP contribution in [0.5, 0.6) is 0 Å². The van der Waals surface area contributed by atoms with E-state index in [1.54, 1.807) is 6.20 Å². The Morgan fingerprint density at radius 2 is 2.56 bits per heavy atom. The molecule has 1 aliphatic heterocycles. The van der Waals surface area contributed by atoms with Crippen LogP contribution >= 0.6 is 0 Å². The number of aliphatic imine (C=N–C) groups is 1. The first kappa shape index (κ1) is 6.08. The molecule has 9 heavy (non-hydrogen) atoms. The fourth-order valence-corrected chi connectivity index (χ4v) is 0.689. The van der Waals surface area contributed by atoms with Gasteiger partial charge in [0.05, 0.1) is 6.54 Å². The predicted octanol–water partition coefficient (Wildman–Crippen LogP) is 1.38. The standard InChI is InChI=1S/C7H10N2/c1-2-5-9-6-3-8-4-7-9/h2-6H,7H2,1H3. The van der Waals surface area contributed by atoms with Crippen molar-refractivity contribution in [2.45, 2.75) is 6.92 Å². The zero-order chi connectivity index (χ0) is 6.53. The monoisotopic (exact) mass is 122 g/mol. The normalized spacial score (nSPS) is 17.7. The smallest absolute Gasteiger partial charge is 0.0573 e. The van der Waals surface area contributed by atoms with Crippen LogP contribution in [0.4, 0.5) is 0 Å². The van der Waals surface area contributed by atoms with E-state index in [0.717, 1.165) is 6.54 Å². The molecule has 0 bridgehead atoms. The SMILES string of the molecule is CC=CN1C=CN=CC1. The molecule has 0 atom stereocenters. The fourth-order valence-electron chi connectivity index (χ4n) is 0.689. The summed E-state index contributed by atoms with van der Waals surface area (Å²) in [6.07, 6.45) is 9.62. The minimum absolute atomic E-state index is 0.890. The lowest BCUT2D eigenvalue weighted by Crippen LogP contribution is -2.13. The highest BCUT2D eigenvalue weighted by atomic mass is 15.1. The predicted molar refractivity (Wildman–Crippen MR) is 39.2 cm³/mol. The van der Waals surface area contributed by atoms with Crippen LogP contribution < -0.4 is 0 Å². The number of nitrogens with zero attached hydrogens (tertiary/aromatic N) is 2. The molecule has 1 aliphatic rings. The van der Waals surface area contributed by atoms with Gasteiger partial charge in [-0.05, 0) is 13.1 Å². The van der Waals surface area contributed by atoms with Crippen molar-refractivity contribution in [1.82, 2.24) is 4.90 Å². The molecule has 0 aromatic carbocycles. The summed E-state index contributed by atoms with van der Waals surface area (Å²) >= 11 is 0. The highest BCUT2D eigenvalue weighted by Gasteiger charge is 1.91. The molecular weight excluding hydrogens is 112 g/mol. The van der Waals surface area contributed by atoms with Crippen molar-refractivity contribution in [3.05, 3.63) is 24.7 Å². The lowest BCUT2D eigenvalue weighted by molar-refractivity contribution is 0.578. The first-order chi connectivity index (χ1) is 4.43. The molecule has 0 unspecified atom stereocenters. The third kappa shape index (κ3) is 1.72. The Hall–Kier alpha value is -1.05. The van der Waals surface area contributed by atoms with Gasteiger partial charge < -0.3 is 4.90 Å². The molecule has 0 N–H and O–H groups in total. The van der Waals surface area contributed by atoms with E-state index in [1.165, 1.54) is 0 Å². The Kier molecular flexibility index (Phi) is 2.07. The quantitative estimate of drug-likeness (QED) is 0.513. The van der Waals surface area contributed by atoms with Gasteiger partial charge in [0, 0.05) is 18.6 Å². The zero-order valence-corrected chi connectivity index (χ0v) is 5.49. The van der Waals surface area contributed by atoms with Gasteiger partial charge in [0.15, 0.2) is 0 Å². The van der Waals surface area contributed by atoms with E-state index >= 15 is 0 Å². The van der Waals surface area contributed by atoms with Crippen molar-refractivity contribution in [1.29, 1.82) is 0 Å². The lowest BCUT2D eigenvalue weighted by atomic mass is 10.5. The largest absolute Gasteiger partial charge is 0.348 e. The Balaban J connectivity index is 2.46. The van der Waals surface area contributed by atoms with Crippen LogP contribution in [0.25, 0.3) is 0 Å². The molecule has 2 nitrogen and oxygen atoms in total. The van der Waals surface area contributed by atoms with Crippen molar-refractivity contribution in [2.24, 2.45) is 4.99 Å². The van der Waals surface area contributed by atoms with E-state index in [9.17, 15) is 0 Å². The molecular formula is C7H10N2. The summed E-state index contributed by atoms with van der Waals surface area (Å²) in [6.45, 7) is 2.89. The highest BCUT2D eigenvalue weighted by molar-refractivity contribution is 5.62. The second-order valence-electron chi connectivity index (χ2n) is 1.81. The van der Waals surface area contributed by atoms with E-state index in [0.29, 0.717) is 0 Å². The topological polar surface area (TPSA) is 15.6 Å². The van der Waals surface area contributed by atoms with Gasteiger partial charge in [-0.25, -0.2) is 0 Å². The maximum atomic E-state index is 3.93. The van der Waals surface area contributed by atoms with E-state index in [4.69, 9.17) is 0 Å². The molecule has 1 heterocycles. The van der Waals surface area contributed by atoms with Crippen LogP contribution in [-0.2, 0) is 0 Å². The summed E-state index contributed by atoms with van der Waals surface area (Å²) in [5.41, 5.74) is 0. The minimum Gasteiger partial charge on any atom is -0.348 e. The summed E-state index contributed by atoms with van der Waals surface area (Å²) in [4.78, 5) is 5.99. The van der Waals surface area contributed by atoms with Gasteiger partial charge in [0.1, 0.15) is 0 Å². The summed E-state index contributed by atoms with van der Waals surface area (Å²) in [6, 6.07) is 0. The second kappa shape index (κ2) is 3.07. The first-order valence-electron chi connectivity index (χ1n) is 3.00. The Morgan fingerprint density at radius 1 is 1.67 bits per heavy atom. The van der Waals surface area contributed by atoms with Crippen LogP contribution in [0.2, 0.25) is 0 Å². The molecule has 2 heteroatoms. The molecule has 0 spiro atoms. The lowest BCUT2D eigenvalue weighted by Gasteiger charge is -2.13. The van der Waals surface area contributed by atoms with Crippen LogP contribution in [0.15, 0.2) is 29.7 Å². The van der Waals surface area contributed by atoms with E-state index < -0.39 is 0 Å². The van der Waals surface area contributed by atoms with Crippen LogP contribution in [0.3, 0.4) is 0 Å². The van der Waals surface area contributed by atoms with Gasteiger partial charge in [-0.2, -0.15) is 0 Å². The van der Waals surface area contributed by atoms with Crippen molar-refractivity contribution in [3.63, 3.8) is 0 Å². The number of rotatable bonds is 1. The van der Waals surface area contributed by atoms with Gasteiger partial charge in [0.25, 0.3) is 0 Å². The van der Waals surface area contributed by atoms with E-state index in [-0.39, 0.29) is 0 Å². The van der Waals surface area contributed by atoms with Gasteiger partial charge in [-0.3, -0.25) is 4.99 Å². The van der Waals surface area contributed by atoms with Crippen molar-refractivity contribution in [3.8, 4) is 0 Å². The minimum atomic E-state index is 0.890. The Labute approximate surface area is 55.2 Å². The molecule has 0 aromatic rings. The molecule has 0 saturated carbocycles. The van der Waals surface area contributed by atoms with Crippen molar-refractivity contribution >= 4 is 6.21 Å². The van der Waals surface area contributed by atoms with E-state index in [1.807, 2.05) is 31.6 Å². The van der Waals surface area contributed by atoms with Crippen molar-refractivity contribution < 1.29 is 0 Å². The van der Waals surface area contributed by atoms with Crippen LogP contribution in [0, 0.1) is 0 Å². The van der Waals surface area contributed by atoms with Gasteiger partial charge >= 0.3 is 0 Å². The molecule has 0 amide bonds. The zero-order valence-electron chi connectivity index (χ0n) is 5.49. The number of allylic oxidation sites excluding steroid dienone is 1. The van der Waals surface area contributed by atoms with Gasteiger partial charge in [-0.15, -0.1) is 0 Å². The third-order valence-electron chi connectivity index (χ3n) is 1.08. The highest BCUT2D eigenvalue weighted by Crippen LogP contribution is 1.94. The summed E-state index contributed by atoms with van der Waals surface area (Å²) in [5, 5.41) is 0. The second-order valence-corrected chi connectivity index (χ2v) is 1.81. The maximum absolute atomic E-state index is 3.93. The molecule has 0 aliphatic carbocycles. The van der Waals surface area contributed by atoms with Gasteiger partial charge in [-0.1, -0.05) is 6.08 Å². The first-order valence-corrected chi connectivity index (χ1v) is 3.00. The van der Waals surface area contributed by atoms with Crippen LogP contribution in [0.1, 0.15) is 6.92 Å². The van der Waals surface area contributed by atoms with Crippen LogP contribution in [-0.4, -0.2) is 17.7 Å². The average molecular weight is 122 g/mol. The Bertz CT molecular complexity index is 156. The maximum Gasteiger partial charge on any atom is 0.0573 e. The molecule has 0 saturated heterocycles. The average Bonchev–Trinajstić information content (AvgIpc) is 1.91. The number of hydrogen-bond acceptors (Lipinski definition) is 2. The van der Waals surface area contributed by atoms with Crippen molar-refractivity contribution in [2.75, 3.05) is 6.54 Å². The fraction of sp³-hybridized carbons (Fsp3) is 0.286. The summed E-state index contributed by atoms with van der Waals surface area (Å²) < 4.78 is 0. The number of hydrogen-bond donors (Lipinski definition) is 0. The molecule has 48 valence electrons. The Morgan fingerprint density at radius 3 is 3.11 bits per heavy atom. The van der Waals surface area contributed by atoms with E-state index in [2.05, 4.69) is 9.89 Å². The molecule has 0 fully saturated rings. The molecule has 1 rings (SSSR count). The molecule has 0 radical (unpaired) electrons. The summed E-state index contributed by atoms with van der Waals surface area (Å²) in [5.74, 6) is 0. The van der Waals surface area contributed by atoms with Gasteiger partial charge in [0.2, 0.25) is 0 Å².